The van der Waals surface area contributed by atoms with E-state index in [1.807, 2.05) is 24.3 Å². The molecule has 0 aromatic heterocycles. The van der Waals surface area contributed by atoms with E-state index in [-0.39, 0.29) is 12.0 Å². The van der Waals surface area contributed by atoms with Crippen molar-refractivity contribution in [1.29, 1.82) is 0 Å². The second kappa shape index (κ2) is 9.96. The van der Waals surface area contributed by atoms with Gasteiger partial charge in [-0.25, -0.2) is 0 Å². The normalized spacial score (nSPS) is 11.1. The van der Waals surface area contributed by atoms with Crippen LogP contribution in [0, 0.1) is 5.92 Å². The van der Waals surface area contributed by atoms with E-state index in [1.54, 1.807) is 24.3 Å². The summed E-state index contributed by atoms with van der Waals surface area (Å²) in [4.78, 5) is 24.0. The monoisotopic (exact) mass is 398 g/mol. The van der Waals surface area contributed by atoms with Crippen LogP contribution < -0.4 is 20.3 Å². The number of benzene rings is 2. The molecular formula is C23H30N2O4. The molecule has 0 atom stereocenters. The maximum atomic E-state index is 12.1. The average molecular weight is 399 g/mol. The Morgan fingerprint density at radius 2 is 1.41 bits per heavy atom. The van der Waals surface area contributed by atoms with E-state index in [2.05, 4.69) is 45.5 Å². The van der Waals surface area contributed by atoms with Crippen LogP contribution in [0.4, 0.5) is 0 Å². The van der Waals surface area contributed by atoms with Crippen molar-refractivity contribution in [2.45, 2.75) is 40.0 Å². The SMILES string of the molecule is CC(C)COc1ccc(C(=O)NNC(=O)COc2ccc(C(C)(C)C)cc2)cc1. The van der Waals surface area contributed by atoms with Crippen molar-refractivity contribution in [2.75, 3.05) is 13.2 Å². The van der Waals surface area contributed by atoms with Gasteiger partial charge in [-0.15, -0.1) is 0 Å². The van der Waals surface area contributed by atoms with E-state index in [9.17, 15) is 9.59 Å². The lowest BCUT2D eigenvalue weighted by molar-refractivity contribution is -0.123. The molecule has 0 saturated heterocycles. The summed E-state index contributed by atoms with van der Waals surface area (Å²) < 4.78 is 11.0. The maximum absolute atomic E-state index is 12.1. The van der Waals surface area contributed by atoms with Gasteiger partial charge in [0.2, 0.25) is 0 Å². The van der Waals surface area contributed by atoms with Crippen molar-refractivity contribution in [3.63, 3.8) is 0 Å². The van der Waals surface area contributed by atoms with Gasteiger partial charge in [-0.1, -0.05) is 46.8 Å². The summed E-state index contributed by atoms with van der Waals surface area (Å²) in [7, 11) is 0. The minimum atomic E-state index is -0.449. The van der Waals surface area contributed by atoms with Gasteiger partial charge in [0.1, 0.15) is 11.5 Å². The zero-order chi connectivity index (χ0) is 21.4. The number of hydrazine groups is 1. The number of carbonyl (C=O) groups is 2. The van der Waals surface area contributed by atoms with E-state index < -0.39 is 11.8 Å². The van der Waals surface area contributed by atoms with Crippen LogP contribution in [0.3, 0.4) is 0 Å². The van der Waals surface area contributed by atoms with Gasteiger partial charge in [-0.2, -0.15) is 0 Å². The Balaban J connectivity index is 1.76. The Bertz CT molecular complexity index is 806. The molecule has 2 amide bonds. The molecule has 156 valence electrons. The Labute approximate surface area is 172 Å². The zero-order valence-corrected chi connectivity index (χ0v) is 17.7. The van der Waals surface area contributed by atoms with Gasteiger partial charge in [-0.05, 0) is 53.3 Å². The molecule has 2 aromatic rings. The number of hydrogen-bond acceptors (Lipinski definition) is 4. The summed E-state index contributed by atoms with van der Waals surface area (Å²) in [5.74, 6) is 0.854. The van der Waals surface area contributed by atoms with Crippen LogP contribution in [0.15, 0.2) is 48.5 Å². The molecule has 0 unspecified atom stereocenters. The van der Waals surface area contributed by atoms with E-state index in [0.29, 0.717) is 29.6 Å². The Kier molecular flexibility index (Phi) is 7.65. The minimum Gasteiger partial charge on any atom is -0.493 e. The van der Waals surface area contributed by atoms with Crippen LogP contribution in [0.5, 0.6) is 11.5 Å². The second-order valence-corrected chi connectivity index (χ2v) is 8.29. The molecule has 0 aliphatic heterocycles. The van der Waals surface area contributed by atoms with Gasteiger partial charge in [0.25, 0.3) is 11.8 Å². The van der Waals surface area contributed by atoms with E-state index in [0.717, 1.165) is 0 Å². The number of nitrogens with one attached hydrogen (secondary N) is 2. The summed E-state index contributed by atoms with van der Waals surface area (Å²) in [5, 5.41) is 0. The van der Waals surface area contributed by atoms with Crippen molar-refractivity contribution in [2.24, 2.45) is 5.92 Å². The molecule has 0 aliphatic rings. The highest BCUT2D eigenvalue weighted by Crippen LogP contribution is 2.24. The van der Waals surface area contributed by atoms with E-state index in [1.165, 1.54) is 5.56 Å². The van der Waals surface area contributed by atoms with Crippen LogP contribution in [0.2, 0.25) is 0 Å². The van der Waals surface area contributed by atoms with Gasteiger partial charge in [0.15, 0.2) is 6.61 Å². The third kappa shape index (κ3) is 7.49. The fourth-order valence-corrected chi connectivity index (χ4v) is 2.40. The number of ether oxygens (including phenoxy) is 2. The van der Waals surface area contributed by atoms with Gasteiger partial charge in [0, 0.05) is 5.56 Å². The molecule has 29 heavy (non-hydrogen) atoms. The Hall–Kier alpha value is -3.02. The second-order valence-electron chi connectivity index (χ2n) is 8.29. The highest BCUT2D eigenvalue weighted by atomic mass is 16.5. The first kappa shape index (κ1) is 22.3. The molecule has 2 rings (SSSR count). The number of rotatable bonds is 7. The molecular weight excluding hydrogens is 368 g/mol. The van der Waals surface area contributed by atoms with Crippen LogP contribution in [0.25, 0.3) is 0 Å². The fraction of sp³-hybridized carbons (Fsp3) is 0.391. The third-order valence-electron chi connectivity index (χ3n) is 4.11. The molecule has 0 radical (unpaired) electrons. The molecule has 0 bridgehead atoms. The topological polar surface area (TPSA) is 76.7 Å². The molecule has 2 aromatic carbocycles. The average Bonchev–Trinajstić information content (AvgIpc) is 2.69. The third-order valence-corrected chi connectivity index (χ3v) is 4.11. The number of carbonyl (C=O) groups excluding carboxylic acids is 2. The predicted molar refractivity (Wildman–Crippen MR) is 113 cm³/mol. The fourth-order valence-electron chi connectivity index (χ4n) is 2.40. The standard InChI is InChI=1S/C23H30N2O4/c1-16(2)14-28-19-10-6-17(7-11-19)22(27)25-24-21(26)15-29-20-12-8-18(9-13-20)23(3,4)5/h6-13,16H,14-15H2,1-5H3,(H,24,26)(H,25,27). The first-order valence-corrected chi connectivity index (χ1v) is 9.70. The van der Waals surface area contributed by atoms with Gasteiger partial charge in [0.05, 0.1) is 6.61 Å². The molecule has 0 heterocycles. The lowest BCUT2D eigenvalue weighted by Gasteiger charge is -2.19. The van der Waals surface area contributed by atoms with Crippen molar-refractivity contribution in [3.8, 4) is 11.5 Å². The van der Waals surface area contributed by atoms with Crippen molar-refractivity contribution in [3.05, 3.63) is 59.7 Å². The molecule has 6 heteroatoms. The van der Waals surface area contributed by atoms with E-state index in [4.69, 9.17) is 9.47 Å². The maximum Gasteiger partial charge on any atom is 0.276 e. The zero-order valence-electron chi connectivity index (χ0n) is 17.7. The van der Waals surface area contributed by atoms with Crippen LogP contribution in [-0.4, -0.2) is 25.0 Å². The smallest absolute Gasteiger partial charge is 0.276 e. The highest BCUT2D eigenvalue weighted by molar-refractivity contribution is 5.95. The van der Waals surface area contributed by atoms with Crippen LogP contribution in [-0.2, 0) is 10.2 Å². The summed E-state index contributed by atoms with van der Waals surface area (Å²) in [5.41, 5.74) is 6.38. The summed E-state index contributed by atoms with van der Waals surface area (Å²) in [6.07, 6.45) is 0. The lowest BCUT2D eigenvalue weighted by Crippen LogP contribution is -2.43. The molecule has 0 fully saturated rings. The molecule has 6 nitrogen and oxygen atoms in total. The molecule has 0 spiro atoms. The molecule has 0 saturated carbocycles. The Morgan fingerprint density at radius 1 is 0.862 bits per heavy atom. The number of hydrogen-bond donors (Lipinski definition) is 2. The van der Waals surface area contributed by atoms with Crippen molar-refractivity contribution in [1.82, 2.24) is 10.9 Å². The predicted octanol–water partition coefficient (Wildman–Crippen LogP) is 3.86. The Morgan fingerprint density at radius 3 is 1.97 bits per heavy atom. The van der Waals surface area contributed by atoms with Gasteiger partial charge < -0.3 is 9.47 Å². The quantitative estimate of drug-likeness (QED) is 0.695. The largest absolute Gasteiger partial charge is 0.493 e. The van der Waals surface area contributed by atoms with Crippen LogP contribution >= 0.6 is 0 Å². The highest BCUT2D eigenvalue weighted by Gasteiger charge is 2.13. The van der Waals surface area contributed by atoms with Crippen molar-refractivity contribution >= 4 is 11.8 Å². The summed E-state index contributed by atoms with van der Waals surface area (Å²) >= 11 is 0. The first-order valence-electron chi connectivity index (χ1n) is 9.70. The van der Waals surface area contributed by atoms with Crippen LogP contribution in [0.1, 0.15) is 50.5 Å². The van der Waals surface area contributed by atoms with E-state index >= 15 is 0 Å². The molecule has 2 N–H and O–H groups in total. The van der Waals surface area contributed by atoms with Gasteiger partial charge in [-0.3, -0.25) is 20.4 Å². The first-order chi connectivity index (χ1) is 13.6. The number of amides is 2. The lowest BCUT2D eigenvalue weighted by atomic mass is 9.87. The molecule has 0 aliphatic carbocycles. The van der Waals surface area contributed by atoms with Crippen molar-refractivity contribution < 1.29 is 19.1 Å². The minimum absolute atomic E-state index is 0.0545. The van der Waals surface area contributed by atoms with Gasteiger partial charge >= 0.3 is 0 Å². The summed E-state index contributed by atoms with van der Waals surface area (Å²) in [6.45, 7) is 10.9. The summed E-state index contributed by atoms with van der Waals surface area (Å²) in [6, 6.07) is 14.3.